The number of nitrogens with zero attached hydrogens (tertiary/aromatic N) is 4. The molecule has 0 fully saturated rings. The van der Waals surface area contributed by atoms with Gasteiger partial charge in [0.15, 0.2) is 5.58 Å². The third-order valence-electron chi connectivity index (χ3n) is 9.88. The maximum atomic E-state index is 9.73. The Bertz CT molecular complexity index is 3050. The molecule has 5 heteroatoms. The first kappa shape index (κ1) is 28.3. The number of rotatable bonds is 12. The molecule has 5 nitrogen and oxygen atoms in total. The highest BCUT2D eigenvalue weighted by molar-refractivity contribution is 6.10. The van der Waals surface area contributed by atoms with E-state index in [-0.39, 0.29) is 30.9 Å². The van der Waals surface area contributed by atoms with Crippen LogP contribution in [0.25, 0.3) is 55.7 Å². The highest BCUT2D eigenvalue weighted by Crippen LogP contribution is 2.36. The predicted molar refractivity (Wildman–Crippen MR) is 230 cm³/mol. The largest absolute Gasteiger partial charge is 0.454 e. The van der Waals surface area contributed by atoms with E-state index in [4.69, 9.17) is 5.79 Å². The molecule has 0 radical (unpaired) electrons. The van der Waals surface area contributed by atoms with Crippen molar-refractivity contribution in [2.75, 3.05) is 0 Å². The predicted octanol–water partition coefficient (Wildman–Crippen LogP) is 12.0. The lowest BCUT2D eigenvalue weighted by Crippen LogP contribution is -2.00. The van der Waals surface area contributed by atoms with Crippen molar-refractivity contribution < 1.29 is 14.0 Å². The molecule has 9 rings (SSSR count). The summed E-state index contributed by atoms with van der Waals surface area (Å²) >= 11 is 0. The number of furan rings is 1. The Morgan fingerprint density at radius 3 is 1.44 bits per heavy atom. The van der Waals surface area contributed by atoms with Gasteiger partial charge in [-0.15, -0.1) is 0 Å². The van der Waals surface area contributed by atoms with Crippen molar-refractivity contribution in [1.82, 2.24) is 15.0 Å². The van der Waals surface area contributed by atoms with Crippen molar-refractivity contribution in [2.24, 2.45) is 0 Å². The molecule has 0 aliphatic rings. The van der Waals surface area contributed by atoms with Crippen molar-refractivity contribution in [3.05, 3.63) is 209 Å². The third-order valence-corrected chi connectivity index (χ3v) is 9.88. The molecule has 0 amide bonds. The summed E-state index contributed by atoms with van der Waals surface area (Å²) in [5, 5.41) is 11.2. The Hall–Kier alpha value is -7.16. The summed E-state index contributed by atoms with van der Waals surface area (Å²) in [6, 6.07) is 46.4. The quantitative estimate of drug-likeness (QED) is 0.125. The molecule has 0 aliphatic carbocycles. The molecule has 0 spiro atoms. The number of aromatic nitrogens is 3. The van der Waals surface area contributed by atoms with Gasteiger partial charge < -0.3 is 4.42 Å². The minimum atomic E-state index is -1.93. The fourth-order valence-corrected chi connectivity index (χ4v) is 7.02. The summed E-state index contributed by atoms with van der Waals surface area (Å²) in [7, 11) is 0. The van der Waals surface area contributed by atoms with Crippen LogP contribution < -0.4 is 0 Å². The van der Waals surface area contributed by atoms with Crippen molar-refractivity contribution in [3.8, 4) is 39.8 Å². The van der Waals surface area contributed by atoms with Crippen LogP contribution in [0.15, 0.2) is 175 Å². The topological polar surface area (TPSA) is 75.6 Å². The standard InChI is InChI=1S/C52H40N4O/c53-32-44-13-7-14-45-46-15-8-16-47(52(46)57-51(44)45)50-28-25-38(35-56-50)19-22-41-30-39(20-17-36-23-26-48(54-33-36)42-9-3-1-4-10-42)29-40(31-41)21-18-37-24-27-49(55-34-37)43-11-5-2-6-12-43/h1-16,23-31,33-35H,17-22H2/i13D,17D2,18D2,19D2. The number of para-hydroxylation sites is 2. The van der Waals surface area contributed by atoms with Gasteiger partial charge in [-0.2, -0.15) is 5.26 Å². The fraction of sp³-hybridized carbons (Fsp3) is 0.115. The second-order valence-corrected chi connectivity index (χ2v) is 13.7. The zero-order valence-corrected chi connectivity index (χ0v) is 30.9. The lowest BCUT2D eigenvalue weighted by molar-refractivity contribution is 0.668. The smallest absolute Gasteiger partial charge is 0.153 e. The summed E-state index contributed by atoms with van der Waals surface area (Å²) in [5.74, 6) is 0. The van der Waals surface area contributed by atoms with Gasteiger partial charge in [0.2, 0.25) is 0 Å². The van der Waals surface area contributed by atoms with Crippen LogP contribution in [0.1, 0.15) is 48.5 Å². The van der Waals surface area contributed by atoms with Crippen LogP contribution in [-0.2, 0) is 38.4 Å². The molecule has 0 atom stereocenters. The first-order valence-electron chi connectivity index (χ1n) is 22.3. The van der Waals surface area contributed by atoms with E-state index in [0.717, 1.165) is 33.3 Å². The van der Waals surface area contributed by atoms with E-state index in [1.807, 2.05) is 84.9 Å². The Labute approximate surface area is 342 Å². The van der Waals surface area contributed by atoms with Crippen LogP contribution in [-0.4, -0.2) is 15.0 Å². The average Bonchev–Trinajstić information content (AvgIpc) is 3.68. The molecule has 5 aromatic carbocycles. The molecule has 57 heavy (non-hydrogen) atoms. The van der Waals surface area contributed by atoms with Gasteiger partial charge in [0.05, 0.1) is 24.0 Å². The Balaban J connectivity index is 1.02. The maximum Gasteiger partial charge on any atom is 0.153 e. The minimum Gasteiger partial charge on any atom is -0.454 e. The molecule has 0 N–H and O–H groups in total. The van der Waals surface area contributed by atoms with Crippen LogP contribution in [0, 0.1) is 11.3 Å². The molecule has 274 valence electrons. The van der Waals surface area contributed by atoms with Crippen molar-refractivity contribution in [3.63, 3.8) is 0 Å². The van der Waals surface area contributed by atoms with Crippen LogP contribution in [0.4, 0.5) is 0 Å². The first-order valence-corrected chi connectivity index (χ1v) is 18.8. The summed E-state index contributed by atoms with van der Waals surface area (Å²) in [6.45, 7) is 0. The Kier molecular flexibility index (Phi) is 8.08. The van der Waals surface area contributed by atoms with Crippen molar-refractivity contribution in [1.29, 1.82) is 5.26 Å². The van der Waals surface area contributed by atoms with Crippen LogP contribution in [0.2, 0.25) is 0 Å². The molecule has 9 aromatic rings. The molecular formula is C52H40N4O. The van der Waals surface area contributed by atoms with Gasteiger partial charge in [0, 0.05) is 54.3 Å². The van der Waals surface area contributed by atoms with Crippen LogP contribution in [0.3, 0.4) is 0 Å². The minimum absolute atomic E-state index is 0.0535. The summed E-state index contributed by atoms with van der Waals surface area (Å²) in [6.07, 6.45) is -1.22. The lowest BCUT2D eigenvalue weighted by atomic mass is 9.94. The lowest BCUT2D eigenvalue weighted by Gasteiger charge is -2.12. The Morgan fingerprint density at radius 1 is 0.491 bits per heavy atom. The van der Waals surface area contributed by atoms with Gasteiger partial charge in [0.25, 0.3) is 0 Å². The molecule has 0 saturated heterocycles. The van der Waals surface area contributed by atoms with Gasteiger partial charge in [0.1, 0.15) is 11.7 Å². The molecule has 0 bridgehead atoms. The number of aryl methyl sites for hydroxylation is 6. The summed E-state index contributed by atoms with van der Waals surface area (Å²) in [5.41, 5.74) is 8.39. The van der Waals surface area contributed by atoms with E-state index in [9.17, 15) is 13.5 Å². The summed E-state index contributed by atoms with van der Waals surface area (Å²) in [4.78, 5) is 13.8. The van der Waals surface area contributed by atoms with Gasteiger partial charge >= 0.3 is 0 Å². The third kappa shape index (κ3) is 7.99. The second kappa shape index (κ2) is 16.3. The molecule has 0 unspecified atom stereocenters. The SMILES string of the molecule is [2H]c1ccc2c(oc3c(-c4ccc(C([2H])([2H])Cc5cc(CC([2H])([2H])c6ccc(-c7ccccc7)nc6)cc(CC([2H])([2H])c6ccc(-c7ccccc7)nc6)c5)cn4)cccc32)c1C#N. The zero-order chi connectivity index (χ0) is 44.6. The average molecular weight is 744 g/mol. The van der Waals surface area contributed by atoms with Gasteiger partial charge in [-0.1, -0.05) is 121 Å². The number of benzene rings is 5. The highest BCUT2D eigenvalue weighted by Gasteiger charge is 2.15. The van der Waals surface area contributed by atoms with E-state index in [0.29, 0.717) is 55.8 Å². The normalized spacial score (nSPS) is 13.8. The summed E-state index contributed by atoms with van der Waals surface area (Å²) < 4.78 is 69.7. The molecule has 0 aliphatic heterocycles. The number of hydrogen-bond donors (Lipinski definition) is 0. The van der Waals surface area contributed by atoms with Crippen LogP contribution in [0.5, 0.6) is 0 Å². The van der Waals surface area contributed by atoms with E-state index in [2.05, 4.69) is 21.0 Å². The molecule has 4 aromatic heterocycles. The highest BCUT2D eigenvalue weighted by atomic mass is 16.3. The van der Waals surface area contributed by atoms with E-state index in [1.165, 1.54) is 6.20 Å². The first-order chi connectivity index (χ1) is 30.8. The fourth-order valence-electron chi connectivity index (χ4n) is 7.02. The van der Waals surface area contributed by atoms with E-state index >= 15 is 0 Å². The maximum absolute atomic E-state index is 9.73. The number of fused-ring (bicyclic) bond motifs is 3. The molecule has 4 heterocycles. The van der Waals surface area contributed by atoms with Gasteiger partial charge in [-0.25, -0.2) is 0 Å². The number of hydrogen-bond acceptors (Lipinski definition) is 5. The second-order valence-electron chi connectivity index (χ2n) is 13.7. The number of nitriles is 1. The van der Waals surface area contributed by atoms with Crippen molar-refractivity contribution >= 4 is 21.9 Å². The van der Waals surface area contributed by atoms with Gasteiger partial charge in [-0.05, 0) is 102 Å². The van der Waals surface area contributed by atoms with E-state index in [1.54, 1.807) is 73.1 Å². The van der Waals surface area contributed by atoms with E-state index < -0.39 is 19.1 Å². The van der Waals surface area contributed by atoms with Gasteiger partial charge in [-0.3, -0.25) is 15.0 Å². The Morgan fingerprint density at radius 2 is 0.965 bits per heavy atom. The molecule has 0 saturated carbocycles. The monoisotopic (exact) mass is 743 g/mol. The van der Waals surface area contributed by atoms with Crippen molar-refractivity contribution in [2.45, 2.75) is 38.4 Å². The van der Waals surface area contributed by atoms with Crippen LogP contribution >= 0.6 is 0 Å². The number of pyridine rings is 3. The molecular weight excluding hydrogens is 697 g/mol. The zero-order valence-electron chi connectivity index (χ0n) is 37.9.